The predicted octanol–water partition coefficient (Wildman–Crippen LogP) is 5.95. The highest BCUT2D eigenvalue weighted by Gasteiger charge is 2.15. The number of phenols is 1. The number of carboxylic acids is 1. The molecule has 1 aromatic carbocycles. The lowest BCUT2D eigenvalue weighted by Crippen LogP contribution is -2.04. The van der Waals surface area contributed by atoms with Crippen LogP contribution < -0.4 is 4.74 Å². The van der Waals surface area contributed by atoms with Crippen molar-refractivity contribution in [3.63, 3.8) is 0 Å². The van der Waals surface area contributed by atoms with Gasteiger partial charge in [-0.3, -0.25) is 0 Å². The van der Waals surface area contributed by atoms with Gasteiger partial charge in [0.05, 0.1) is 6.61 Å². The number of aromatic carboxylic acids is 1. The van der Waals surface area contributed by atoms with E-state index < -0.39 is 5.97 Å². The maximum atomic E-state index is 11.1. The van der Waals surface area contributed by atoms with Crippen molar-refractivity contribution in [2.75, 3.05) is 6.61 Å². The SMILES string of the molecule is CC/C=C\CCCCCCCCCCOc1cccc(O)c1C(=O)O. The molecule has 0 unspecified atom stereocenters. The number of carboxylic acid groups (broad SMARTS) is 1. The average molecular weight is 348 g/mol. The predicted molar refractivity (Wildman–Crippen MR) is 102 cm³/mol. The second kappa shape index (κ2) is 13.3. The van der Waals surface area contributed by atoms with Gasteiger partial charge in [-0.15, -0.1) is 0 Å². The highest BCUT2D eigenvalue weighted by molar-refractivity contribution is 5.93. The normalized spacial score (nSPS) is 11.1. The summed E-state index contributed by atoms with van der Waals surface area (Å²) in [5.41, 5.74) is -0.156. The van der Waals surface area contributed by atoms with Crippen molar-refractivity contribution >= 4 is 5.97 Å². The molecule has 0 bridgehead atoms. The van der Waals surface area contributed by atoms with E-state index in [-0.39, 0.29) is 17.1 Å². The molecule has 4 heteroatoms. The summed E-state index contributed by atoms with van der Waals surface area (Å²) in [7, 11) is 0. The lowest BCUT2D eigenvalue weighted by Gasteiger charge is -2.10. The van der Waals surface area contributed by atoms with Crippen LogP contribution in [0.5, 0.6) is 11.5 Å². The highest BCUT2D eigenvalue weighted by atomic mass is 16.5. The third-order valence-electron chi connectivity index (χ3n) is 4.14. The molecule has 0 radical (unpaired) electrons. The van der Waals surface area contributed by atoms with Crippen LogP contribution >= 0.6 is 0 Å². The minimum absolute atomic E-state index is 0.156. The molecule has 0 aliphatic heterocycles. The Labute approximate surface area is 151 Å². The molecule has 2 N–H and O–H groups in total. The van der Waals surface area contributed by atoms with Crippen LogP contribution in [0.3, 0.4) is 0 Å². The van der Waals surface area contributed by atoms with Gasteiger partial charge < -0.3 is 14.9 Å². The van der Waals surface area contributed by atoms with Crippen molar-refractivity contribution in [2.24, 2.45) is 0 Å². The lowest BCUT2D eigenvalue weighted by molar-refractivity contribution is 0.0688. The van der Waals surface area contributed by atoms with Gasteiger partial charge in [0.15, 0.2) is 0 Å². The molecule has 25 heavy (non-hydrogen) atoms. The molecule has 0 saturated heterocycles. The number of unbranched alkanes of at least 4 members (excludes halogenated alkanes) is 8. The Morgan fingerprint density at radius 3 is 2.28 bits per heavy atom. The summed E-state index contributed by atoms with van der Waals surface area (Å²) in [4.78, 5) is 11.1. The Hall–Kier alpha value is -1.97. The quantitative estimate of drug-likeness (QED) is 0.322. The van der Waals surface area contributed by atoms with E-state index in [0.29, 0.717) is 6.61 Å². The van der Waals surface area contributed by atoms with Crippen LogP contribution in [0.4, 0.5) is 0 Å². The number of ether oxygens (including phenoxy) is 1. The molecule has 0 heterocycles. The molecule has 1 aromatic rings. The first-order chi connectivity index (χ1) is 12.2. The van der Waals surface area contributed by atoms with Crippen LogP contribution in [-0.2, 0) is 0 Å². The van der Waals surface area contributed by atoms with Gasteiger partial charge >= 0.3 is 5.97 Å². The molecule has 4 nitrogen and oxygen atoms in total. The maximum absolute atomic E-state index is 11.1. The van der Waals surface area contributed by atoms with Crippen molar-refractivity contribution in [3.8, 4) is 11.5 Å². The molecule has 0 fully saturated rings. The number of hydrogen-bond acceptors (Lipinski definition) is 3. The molecule has 0 aliphatic rings. The van der Waals surface area contributed by atoms with Crippen molar-refractivity contribution < 1.29 is 19.7 Å². The fourth-order valence-electron chi connectivity index (χ4n) is 2.75. The van der Waals surface area contributed by atoms with Crippen LogP contribution in [0.15, 0.2) is 30.4 Å². The van der Waals surface area contributed by atoms with Crippen LogP contribution in [-0.4, -0.2) is 22.8 Å². The van der Waals surface area contributed by atoms with E-state index in [1.807, 2.05) is 0 Å². The minimum atomic E-state index is -1.17. The topological polar surface area (TPSA) is 66.8 Å². The first kappa shape index (κ1) is 21.1. The van der Waals surface area contributed by atoms with Gasteiger partial charge in [0, 0.05) is 0 Å². The first-order valence-electron chi connectivity index (χ1n) is 9.50. The monoisotopic (exact) mass is 348 g/mol. The molecule has 0 aliphatic carbocycles. The maximum Gasteiger partial charge on any atom is 0.343 e. The second-order valence-electron chi connectivity index (χ2n) is 6.30. The van der Waals surface area contributed by atoms with Gasteiger partial charge in [-0.1, -0.05) is 63.7 Å². The van der Waals surface area contributed by atoms with E-state index in [1.54, 1.807) is 12.1 Å². The van der Waals surface area contributed by atoms with Crippen LogP contribution in [0, 0.1) is 0 Å². The molecule has 0 aromatic heterocycles. The van der Waals surface area contributed by atoms with Crippen LogP contribution in [0.2, 0.25) is 0 Å². The Kier molecular flexibility index (Phi) is 11.2. The molecule has 140 valence electrons. The number of rotatable bonds is 14. The number of benzene rings is 1. The Balaban J connectivity index is 2.03. The summed E-state index contributed by atoms with van der Waals surface area (Å²) in [5, 5.41) is 18.7. The summed E-state index contributed by atoms with van der Waals surface area (Å²) < 4.78 is 5.52. The second-order valence-corrected chi connectivity index (χ2v) is 6.30. The van der Waals surface area contributed by atoms with E-state index in [0.717, 1.165) is 19.3 Å². The van der Waals surface area contributed by atoms with Gasteiger partial charge in [0.2, 0.25) is 0 Å². The standard InChI is InChI=1S/C21H32O4/c1-2-3-4-5-6-7-8-9-10-11-12-13-17-25-19-16-14-15-18(22)20(19)21(23)24/h3-4,14-16,22H,2,5-13,17H2,1H3,(H,23,24)/b4-3-. The summed E-state index contributed by atoms with van der Waals surface area (Å²) in [5.74, 6) is -1.18. The summed E-state index contributed by atoms with van der Waals surface area (Å²) >= 11 is 0. The van der Waals surface area contributed by atoms with E-state index in [9.17, 15) is 9.90 Å². The van der Waals surface area contributed by atoms with Gasteiger partial charge in [-0.25, -0.2) is 4.79 Å². The van der Waals surface area contributed by atoms with Crippen LogP contribution in [0.1, 0.15) is 81.5 Å². The lowest BCUT2D eigenvalue weighted by atomic mass is 10.1. The fraction of sp³-hybridized carbons (Fsp3) is 0.571. The van der Waals surface area contributed by atoms with Crippen molar-refractivity contribution in [1.82, 2.24) is 0 Å². The molecular weight excluding hydrogens is 316 g/mol. The summed E-state index contributed by atoms with van der Waals surface area (Å²) in [6.45, 7) is 2.64. The zero-order valence-electron chi connectivity index (χ0n) is 15.4. The van der Waals surface area contributed by atoms with Gasteiger partial charge in [0.1, 0.15) is 17.1 Å². The number of allylic oxidation sites excluding steroid dienone is 2. The zero-order valence-corrected chi connectivity index (χ0v) is 15.4. The van der Waals surface area contributed by atoms with E-state index in [4.69, 9.17) is 9.84 Å². The number of aromatic hydroxyl groups is 1. The van der Waals surface area contributed by atoms with E-state index in [2.05, 4.69) is 19.1 Å². The highest BCUT2D eigenvalue weighted by Crippen LogP contribution is 2.27. The fourth-order valence-corrected chi connectivity index (χ4v) is 2.75. The molecule has 1 rings (SSSR count). The van der Waals surface area contributed by atoms with E-state index in [1.165, 1.54) is 51.0 Å². The van der Waals surface area contributed by atoms with Gasteiger partial charge in [0.25, 0.3) is 0 Å². The van der Waals surface area contributed by atoms with Gasteiger partial charge in [-0.05, 0) is 37.8 Å². The summed E-state index contributed by atoms with van der Waals surface area (Å²) in [6, 6.07) is 4.53. The molecular formula is C21H32O4. The van der Waals surface area contributed by atoms with Gasteiger partial charge in [-0.2, -0.15) is 0 Å². The number of hydrogen-bond donors (Lipinski definition) is 2. The molecule has 0 atom stereocenters. The van der Waals surface area contributed by atoms with Crippen molar-refractivity contribution in [3.05, 3.63) is 35.9 Å². The Morgan fingerprint density at radius 2 is 1.64 bits per heavy atom. The largest absolute Gasteiger partial charge is 0.507 e. The first-order valence-corrected chi connectivity index (χ1v) is 9.50. The molecule has 0 amide bonds. The Morgan fingerprint density at radius 1 is 1.00 bits per heavy atom. The number of carbonyl (C=O) groups is 1. The third-order valence-corrected chi connectivity index (χ3v) is 4.14. The average Bonchev–Trinajstić information content (AvgIpc) is 2.58. The molecule has 0 saturated carbocycles. The smallest absolute Gasteiger partial charge is 0.343 e. The van der Waals surface area contributed by atoms with Crippen LogP contribution in [0.25, 0.3) is 0 Å². The van der Waals surface area contributed by atoms with E-state index >= 15 is 0 Å². The van der Waals surface area contributed by atoms with Crippen molar-refractivity contribution in [2.45, 2.75) is 71.1 Å². The Bertz CT molecular complexity index is 523. The zero-order chi connectivity index (χ0) is 18.3. The minimum Gasteiger partial charge on any atom is -0.507 e. The molecule has 0 spiro atoms. The third kappa shape index (κ3) is 9.18. The van der Waals surface area contributed by atoms with Crippen molar-refractivity contribution in [1.29, 1.82) is 0 Å². The summed E-state index contributed by atoms with van der Waals surface area (Å²) in [6.07, 6.45) is 16.5.